The maximum atomic E-state index is 5.45. The minimum Gasteiger partial charge on any atom is -0.489 e. The molecule has 0 amide bonds. The summed E-state index contributed by atoms with van der Waals surface area (Å²) in [5.41, 5.74) is 0.801. The lowest BCUT2D eigenvalue weighted by molar-refractivity contribution is 0.318. The SMILES string of the molecule is COc1nncc2c1NCCCO2. The van der Waals surface area contributed by atoms with Crippen molar-refractivity contribution in [3.8, 4) is 11.6 Å². The third kappa shape index (κ3) is 1.49. The van der Waals surface area contributed by atoms with Gasteiger partial charge in [-0.05, 0) is 6.42 Å². The monoisotopic (exact) mass is 181 g/mol. The molecule has 0 atom stereocenters. The molecule has 1 N–H and O–H groups in total. The molecule has 2 rings (SSSR count). The van der Waals surface area contributed by atoms with Crippen molar-refractivity contribution < 1.29 is 9.47 Å². The number of hydrogen-bond acceptors (Lipinski definition) is 5. The second kappa shape index (κ2) is 3.47. The summed E-state index contributed by atoms with van der Waals surface area (Å²) < 4.78 is 10.5. The quantitative estimate of drug-likeness (QED) is 0.690. The summed E-state index contributed by atoms with van der Waals surface area (Å²) in [7, 11) is 1.57. The number of hydrogen-bond donors (Lipinski definition) is 1. The van der Waals surface area contributed by atoms with Gasteiger partial charge in [0.1, 0.15) is 5.69 Å². The van der Waals surface area contributed by atoms with Crippen molar-refractivity contribution in [2.75, 3.05) is 25.6 Å². The van der Waals surface area contributed by atoms with Crippen LogP contribution in [0.5, 0.6) is 11.6 Å². The van der Waals surface area contributed by atoms with Crippen LogP contribution in [0.3, 0.4) is 0 Å². The van der Waals surface area contributed by atoms with E-state index in [2.05, 4.69) is 15.5 Å². The fraction of sp³-hybridized carbons (Fsp3) is 0.500. The maximum Gasteiger partial charge on any atom is 0.260 e. The number of ether oxygens (including phenoxy) is 2. The fourth-order valence-electron chi connectivity index (χ4n) is 1.24. The molecule has 1 aliphatic rings. The van der Waals surface area contributed by atoms with E-state index < -0.39 is 0 Å². The van der Waals surface area contributed by atoms with Gasteiger partial charge in [-0.15, -0.1) is 5.10 Å². The van der Waals surface area contributed by atoms with Crippen LogP contribution in [0.4, 0.5) is 5.69 Å². The lowest BCUT2D eigenvalue weighted by Crippen LogP contribution is -2.02. The molecule has 0 radical (unpaired) electrons. The van der Waals surface area contributed by atoms with Gasteiger partial charge in [-0.25, -0.2) is 0 Å². The van der Waals surface area contributed by atoms with Crippen LogP contribution in [-0.2, 0) is 0 Å². The average molecular weight is 181 g/mol. The second-order valence-electron chi connectivity index (χ2n) is 2.72. The van der Waals surface area contributed by atoms with E-state index in [4.69, 9.17) is 9.47 Å². The molecular formula is C8H11N3O2. The van der Waals surface area contributed by atoms with Gasteiger partial charge < -0.3 is 14.8 Å². The third-order valence-electron chi connectivity index (χ3n) is 1.86. The number of rotatable bonds is 1. The number of nitrogens with one attached hydrogen (secondary N) is 1. The van der Waals surface area contributed by atoms with Gasteiger partial charge in [0.15, 0.2) is 5.75 Å². The molecule has 0 saturated heterocycles. The van der Waals surface area contributed by atoms with Gasteiger partial charge in [0.05, 0.1) is 19.9 Å². The summed E-state index contributed by atoms with van der Waals surface area (Å²) in [6, 6.07) is 0. The van der Waals surface area contributed by atoms with Gasteiger partial charge in [0, 0.05) is 6.54 Å². The Kier molecular flexibility index (Phi) is 2.16. The highest BCUT2D eigenvalue weighted by Crippen LogP contribution is 2.32. The molecular weight excluding hydrogens is 170 g/mol. The lowest BCUT2D eigenvalue weighted by atomic mass is 10.4. The normalized spacial score (nSPS) is 14.8. The van der Waals surface area contributed by atoms with Crippen molar-refractivity contribution in [2.45, 2.75) is 6.42 Å². The van der Waals surface area contributed by atoms with Crippen molar-refractivity contribution >= 4 is 5.69 Å². The van der Waals surface area contributed by atoms with Gasteiger partial charge in [0.2, 0.25) is 0 Å². The van der Waals surface area contributed by atoms with Crippen LogP contribution in [0.2, 0.25) is 0 Å². The number of anilines is 1. The van der Waals surface area contributed by atoms with Crippen molar-refractivity contribution in [2.24, 2.45) is 0 Å². The fourth-order valence-corrected chi connectivity index (χ4v) is 1.24. The Morgan fingerprint density at radius 2 is 2.54 bits per heavy atom. The Hall–Kier alpha value is -1.52. The predicted molar refractivity (Wildman–Crippen MR) is 47.2 cm³/mol. The minimum atomic E-state index is 0.486. The first-order valence-electron chi connectivity index (χ1n) is 4.18. The molecule has 1 aromatic rings. The Balaban J connectivity index is 2.40. The first-order chi connectivity index (χ1) is 6.42. The third-order valence-corrected chi connectivity index (χ3v) is 1.86. The zero-order valence-electron chi connectivity index (χ0n) is 7.41. The molecule has 0 saturated carbocycles. The predicted octanol–water partition coefficient (Wildman–Crippen LogP) is 0.680. The molecule has 0 unspecified atom stereocenters. The summed E-state index contributed by atoms with van der Waals surface area (Å²) in [4.78, 5) is 0. The van der Waals surface area contributed by atoms with Gasteiger partial charge in [-0.3, -0.25) is 0 Å². The number of nitrogens with zero attached hydrogens (tertiary/aromatic N) is 2. The second-order valence-corrected chi connectivity index (χ2v) is 2.72. The first kappa shape index (κ1) is 8.10. The van der Waals surface area contributed by atoms with Crippen LogP contribution in [0.1, 0.15) is 6.42 Å². The minimum absolute atomic E-state index is 0.486. The summed E-state index contributed by atoms with van der Waals surface area (Å²) in [5.74, 6) is 1.20. The molecule has 70 valence electrons. The van der Waals surface area contributed by atoms with E-state index in [1.54, 1.807) is 13.3 Å². The average Bonchev–Trinajstić information content (AvgIpc) is 2.41. The zero-order valence-corrected chi connectivity index (χ0v) is 7.41. The standard InChI is InChI=1S/C8H11N3O2/c1-12-8-7-6(5-10-11-8)13-4-2-3-9-7/h5,9H,2-4H2,1H3. The molecule has 2 heterocycles. The van der Waals surface area contributed by atoms with E-state index in [0.29, 0.717) is 18.2 Å². The van der Waals surface area contributed by atoms with Crippen molar-refractivity contribution in [1.82, 2.24) is 10.2 Å². The Labute approximate surface area is 76.1 Å². The van der Waals surface area contributed by atoms with Crippen molar-refractivity contribution in [3.05, 3.63) is 6.20 Å². The van der Waals surface area contributed by atoms with Crippen LogP contribution >= 0.6 is 0 Å². The maximum absolute atomic E-state index is 5.45. The molecule has 0 spiro atoms. The Morgan fingerprint density at radius 1 is 1.62 bits per heavy atom. The molecule has 0 bridgehead atoms. The van der Waals surface area contributed by atoms with Gasteiger partial charge in [-0.1, -0.05) is 0 Å². The highest BCUT2D eigenvalue weighted by molar-refractivity contribution is 5.62. The van der Waals surface area contributed by atoms with Gasteiger partial charge in [0.25, 0.3) is 5.88 Å². The smallest absolute Gasteiger partial charge is 0.260 e. The molecule has 13 heavy (non-hydrogen) atoms. The first-order valence-corrected chi connectivity index (χ1v) is 4.18. The highest BCUT2D eigenvalue weighted by atomic mass is 16.5. The van der Waals surface area contributed by atoms with Crippen LogP contribution in [0.15, 0.2) is 6.20 Å². The Bertz CT molecular complexity index is 303. The van der Waals surface area contributed by atoms with E-state index in [1.165, 1.54) is 0 Å². The zero-order chi connectivity index (χ0) is 9.10. The largest absolute Gasteiger partial charge is 0.489 e. The molecule has 5 heteroatoms. The summed E-state index contributed by atoms with van der Waals surface area (Å²) in [6.45, 7) is 1.57. The van der Waals surface area contributed by atoms with E-state index in [1.807, 2.05) is 0 Å². The van der Waals surface area contributed by atoms with Gasteiger partial charge in [-0.2, -0.15) is 5.10 Å². The van der Waals surface area contributed by atoms with Gasteiger partial charge >= 0.3 is 0 Å². The van der Waals surface area contributed by atoms with E-state index in [0.717, 1.165) is 18.7 Å². The summed E-state index contributed by atoms with van der Waals surface area (Å²) in [5, 5.41) is 10.8. The number of methoxy groups -OCH3 is 1. The topological polar surface area (TPSA) is 56.3 Å². The molecule has 5 nitrogen and oxygen atoms in total. The molecule has 1 aromatic heterocycles. The van der Waals surface area contributed by atoms with E-state index >= 15 is 0 Å². The van der Waals surface area contributed by atoms with Crippen LogP contribution in [0, 0.1) is 0 Å². The number of fused-ring (bicyclic) bond motifs is 1. The van der Waals surface area contributed by atoms with E-state index in [9.17, 15) is 0 Å². The highest BCUT2D eigenvalue weighted by Gasteiger charge is 2.14. The summed E-state index contributed by atoms with van der Waals surface area (Å²) >= 11 is 0. The van der Waals surface area contributed by atoms with Crippen LogP contribution in [0.25, 0.3) is 0 Å². The molecule has 0 fully saturated rings. The van der Waals surface area contributed by atoms with Crippen LogP contribution < -0.4 is 14.8 Å². The lowest BCUT2D eigenvalue weighted by Gasteiger charge is -2.08. The molecule has 1 aliphatic heterocycles. The summed E-state index contributed by atoms with van der Waals surface area (Å²) in [6.07, 6.45) is 2.56. The van der Waals surface area contributed by atoms with Crippen molar-refractivity contribution in [1.29, 1.82) is 0 Å². The van der Waals surface area contributed by atoms with E-state index in [-0.39, 0.29) is 0 Å². The Morgan fingerprint density at radius 3 is 3.38 bits per heavy atom. The van der Waals surface area contributed by atoms with Crippen LogP contribution in [-0.4, -0.2) is 30.5 Å². The van der Waals surface area contributed by atoms with Crippen molar-refractivity contribution in [3.63, 3.8) is 0 Å². The molecule has 0 aromatic carbocycles. The number of aromatic nitrogens is 2. The molecule has 0 aliphatic carbocycles.